The normalized spacial score (nSPS) is 13.3. The molecule has 1 aliphatic rings. The van der Waals surface area contributed by atoms with Gasteiger partial charge < -0.3 is 5.11 Å². The van der Waals surface area contributed by atoms with Crippen LogP contribution in [-0.2, 0) is 13.1 Å². The molecule has 122 valence electrons. The molecule has 0 amide bonds. The molecule has 24 heavy (non-hydrogen) atoms. The van der Waals surface area contributed by atoms with Crippen molar-refractivity contribution in [3.63, 3.8) is 0 Å². The van der Waals surface area contributed by atoms with Crippen molar-refractivity contribution in [1.29, 1.82) is 0 Å². The zero-order chi connectivity index (χ0) is 17.1. The van der Waals surface area contributed by atoms with E-state index in [1.165, 1.54) is 4.88 Å². The second-order valence-corrected chi connectivity index (χ2v) is 7.15. The van der Waals surface area contributed by atoms with Crippen molar-refractivity contribution >= 4 is 34.7 Å². The zero-order valence-corrected chi connectivity index (χ0v) is 14.6. The van der Waals surface area contributed by atoms with Gasteiger partial charge in [-0.2, -0.15) is 5.10 Å². The summed E-state index contributed by atoms with van der Waals surface area (Å²) >= 11 is 7.46. The highest BCUT2D eigenvalue weighted by Crippen LogP contribution is 2.31. The highest BCUT2D eigenvalue weighted by Gasteiger charge is 2.16. The molecule has 3 nitrogen and oxygen atoms in total. The van der Waals surface area contributed by atoms with Gasteiger partial charge in [0.05, 0.1) is 19.3 Å². The Morgan fingerprint density at radius 3 is 2.92 bits per heavy atom. The van der Waals surface area contributed by atoms with Crippen molar-refractivity contribution in [2.24, 2.45) is 5.10 Å². The summed E-state index contributed by atoms with van der Waals surface area (Å²) in [5.74, 6) is 0.275. The van der Waals surface area contributed by atoms with E-state index in [1.54, 1.807) is 29.5 Å². The van der Waals surface area contributed by atoms with Crippen molar-refractivity contribution < 1.29 is 5.11 Å². The van der Waals surface area contributed by atoms with Gasteiger partial charge in [0.15, 0.2) is 0 Å². The number of thiophene rings is 1. The minimum Gasteiger partial charge on any atom is -0.508 e. The molecule has 2 heterocycles. The third-order valence-electron chi connectivity index (χ3n) is 3.59. The van der Waals surface area contributed by atoms with Gasteiger partial charge >= 0.3 is 0 Å². The van der Waals surface area contributed by atoms with E-state index in [2.05, 4.69) is 24.3 Å². The Morgan fingerprint density at radius 2 is 2.17 bits per heavy atom. The molecule has 0 unspecified atom stereocenters. The molecule has 3 rings (SSSR count). The van der Waals surface area contributed by atoms with E-state index >= 15 is 0 Å². The van der Waals surface area contributed by atoms with Crippen molar-refractivity contribution in [2.45, 2.75) is 13.1 Å². The summed E-state index contributed by atoms with van der Waals surface area (Å²) in [6, 6.07) is 9.35. The number of aromatic hydroxyl groups is 1. The first-order valence-electron chi connectivity index (χ1n) is 7.42. The largest absolute Gasteiger partial charge is 0.508 e. The number of hydrogen-bond acceptors (Lipinski definition) is 4. The lowest BCUT2D eigenvalue weighted by Crippen LogP contribution is -2.20. The van der Waals surface area contributed by atoms with E-state index in [-0.39, 0.29) is 5.75 Å². The van der Waals surface area contributed by atoms with Crippen LogP contribution >= 0.6 is 22.9 Å². The van der Waals surface area contributed by atoms with Crippen LogP contribution in [0, 0.1) is 0 Å². The fraction of sp³-hybridized carbons (Fsp3) is 0.105. The Balaban J connectivity index is 1.72. The monoisotopic (exact) mass is 356 g/mol. The first kappa shape index (κ1) is 16.6. The number of nitrogens with zero attached hydrogens (tertiary/aromatic N) is 2. The first-order valence-corrected chi connectivity index (χ1v) is 8.62. The number of halogens is 1. The lowest BCUT2D eigenvalue weighted by atomic mass is 10.1. The van der Waals surface area contributed by atoms with Crippen LogP contribution < -0.4 is 0 Å². The van der Waals surface area contributed by atoms with Crippen LogP contribution in [0.3, 0.4) is 0 Å². The molecule has 0 saturated heterocycles. The fourth-order valence-electron chi connectivity index (χ4n) is 2.42. The number of rotatable bonds is 5. The first-order chi connectivity index (χ1) is 11.5. The number of phenols is 1. The molecule has 0 bridgehead atoms. The summed E-state index contributed by atoms with van der Waals surface area (Å²) in [6.07, 6.45) is 5.48. The number of allylic oxidation sites excluding steroid dienone is 4. The molecule has 0 radical (unpaired) electrons. The maximum absolute atomic E-state index is 9.57. The van der Waals surface area contributed by atoms with Gasteiger partial charge in [-0.25, -0.2) is 0 Å². The fourth-order valence-corrected chi connectivity index (χ4v) is 3.58. The van der Waals surface area contributed by atoms with Crippen molar-refractivity contribution in [3.05, 3.63) is 81.6 Å². The van der Waals surface area contributed by atoms with Crippen molar-refractivity contribution in [1.82, 2.24) is 5.01 Å². The van der Waals surface area contributed by atoms with Crippen LogP contribution in [0.5, 0.6) is 5.75 Å². The summed E-state index contributed by atoms with van der Waals surface area (Å²) in [7, 11) is 0. The number of benzene rings is 1. The second kappa shape index (κ2) is 7.07. The van der Waals surface area contributed by atoms with Crippen molar-refractivity contribution in [2.75, 3.05) is 0 Å². The Morgan fingerprint density at radius 1 is 1.33 bits per heavy atom. The van der Waals surface area contributed by atoms with Gasteiger partial charge in [-0.1, -0.05) is 43.0 Å². The van der Waals surface area contributed by atoms with Gasteiger partial charge in [0, 0.05) is 20.4 Å². The van der Waals surface area contributed by atoms with E-state index in [1.807, 2.05) is 29.4 Å². The Kier molecular flexibility index (Phi) is 4.88. The van der Waals surface area contributed by atoms with Gasteiger partial charge in [0.2, 0.25) is 0 Å². The van der Waals surface area contributed by atoms with E-state index in [4.69, 9.17) is 11.6 Å². The van der Waals surface area contributed by atoms with E-state index < -0.39 is 0 Å². The Bertz CT molecular complexity index is 851. The molecule has 0 fully saturated rings. The second-order valence-electron chi connectivity index (χ2n) is 5.53. The summed E-state index contributed by atoms with van der Waals surface area (Å²) in [5, 5.41) is 16.5. The lowest BCUT2D eigenvalue weighted by molar-refractivity contribution is 0.270. The molecule has 2 aromatic rings. The minimum atomic E-state index is 0.275. The average molecular weight is 357 g/mol. The molecule has 0 spiro atoms. The Labute approximate surface area is 150 Å². The van der Waals surface area contributed by atoms with Crippen LogP contribution in [-0.4, -0.2) is 16.3 Å². The van der Waals surface area contributed by atoms with Crippen LogP contribution in [0.2, 0.25) is 0 Å². The quantitative estimate of drug-likeness (QED) is 0.754. The number of hydrazone groups is 1. The molecular weight excluding hydrogens is 340 g/mol. The zero-order valence-electron chi connectivity index (χ0n) is 13.1. The number of hydrogen-bond donors (Lipinski definition) is 1. The van der Waals surface area contributed by atoms with Gasteiger partial charge in [0.1, 0.15) is 5.75 Å². The van der Waals surface area contributed by atoms with Gasteiger partial charge in [-0.15, -0.1) is 11.3 Å². The molecule has 1 aliphatic heterocycles. The van der Waals surface area contributed by atoms with Gasteiger partial charge in [0.25, 0.3) is 0 Å². The maximum Gasteiger partial charge on any atom is 0.115 e. The molecule has 1 N–H and O–H groups in total. The van der Waals surface area contributed by atoms with E-state index in [0.717, 1.165) is 28.1 Å². The van der Waals surface area contributed by atoms with Crippen LogP contribution in [0.4, 0.5) is 0 Å². The van der Waals surface area contributed by atoms with Crippen LogP contribution in [0.15, 0.2) is 65.8 Å². The molecule has 0 atom stereocenters. The predicted molar refractivity (Wildman–Crippen MR) is 102 cm³/mol. The molecular formula is C19H17ClN2OS. The topological polar surface area (TPSA) is 35.8 Å². The lowest BCUT2D eigenvalue weighted by Gasteiger charge is -2.22. The number of fused-ring (bicyclic) bond motifs is 1. The van der Waals surface area contributed by atoms with Gasteiger partial charge in [-0.05, 0) is 35.4 Å². The van der Waals surface area contributed by atoms with Gasteiger partial charge in [-0.3, -0.25) is 5.01 Å². The standard InChI is InChI=1S/C19H17ClN2OS/c1-13(6-7-14(2)20)18-9-16-10-21-22(12-19(16)24-18)11-15-4-3-5-17(23)8-15/h3-10,23H,1-2,11-12H2/b7-6-. The third kappa shape index (κ3) is 3.96. The average Bonchev–Trinajstić information content (AvgIpc) is 2.96. The summed E-state index contributed by atoms with van der Waals surface area (Å²) in [5.41, 5.74) is 3.06. The third-order valence-corrected chi connectivity index (χ3v) is 4.92. The van der Waals surface area contributed by atoms with E-state index in [9.17, 15) is 5.11 Å². The smallest absolute Gasteiger partial charge is 0.115 e. The maximum atomic E-state index is 9.57. The van der Waals surface area contributed by atoms with Crippen LogP contribution in [0.25, 0.3) is 5.57 Å². The summed E-state index contributed by atoms with van der Waals surface area (Å²) in [4.78, 5) is 2.35. The molecule has 0 aliphatic carbocycles. The highest BCUT2D eigenvalue weighted by atomic mass is 35.5. The summed E-state index contributed by atoms with van der Waals surface area (Å²) < 4.78 is 0. The molecule has 1 aromatic carbocycles. The minimum absolute atomic E-state index is 0.275. The molecule has 0 saturated carbocycles. The highest BCUT2D eigenvalue weighted by molar-refractivity contribution is 7.13. The number of phenolic OH excluding ortho intramolecular Hbond substituents is 1. The summed E-state index contributed by atoms with van der Waals surface area (Å²) in [6.45, 7) is 9.11. The molecule has 5 heteroatoms. The Hall–Kier alpha value is -2.30. The van der Waals surface area contributed by atoms with Crippen LogP contribution in [0.1, 0.15) is 20.9 Å². The van der Waals surface area contributed by atoms with E-state index in [0.29, 0.717) is 11.6 Å². The molecule has 1 aromatic heterocycles. The van der Waals surface area contributed by atoms with Crippen molar-refractivity contribution in [3.8, 4) is 5.75 Å². The predicted octanol–water partition coefficient (Wildman–Crippen LogP) is 5.13. The SMILES string of the molecule is C=C(Cl)/C=C\C(=C)c1cc2c(s1)CN(Cc1cccc(O)c1)N=C2.